The summed E-state index contributed by atoms with van der Waals surface area (Å²) >= 11 is 0. The van der Waals surface area contributed by atoms with Crippen LogP contribution < -0.4 is 19.7 Å². The van der Waals surface area contributed by atoms with E-state index in [1.807, 2.05) is 6.07 Å². The van der Waals surface area contributed by atoms with Crippen LogP contribution in [0.2, 0.25) is 0 Å². The summed E-state index contributed by atoms with van der Waals surface area (Å²) in [6.45, 7) is 2.28. The van der Waals surface area contributed by atoms with Crippen LogP contribution in [0.5, 0.6) is 5.75 Å². The highest BCUT2D eigenvalue weighted by molar-refractivity contribution is 7.92. The molecule has 0 aliphatic carbocycles. The SMILES string of the molecule is CCN(c1ccccc1)S(=O)(=O)c1ccc(OC)c(NC(=O)NCc2ccoc2)c1. The zero-order valence-electron chi connectivity index (χ0n) is 16.7. The van der Waals surface area contributed by atoms with E-state index in [1.54, 1.807) is 37.3 Å². The Morgan fingerprint density at radius 3 is 2.53 bits per heavy atom. The van der Waals surface area contributed by atoms with Gasteiger partial charge >= 0.3 is 6.03 Å². The van der Waals surface area contributed by atoms with Crippen molar-refractivity contribution in [2.24, 2.45) is 0 Å². The summed E-state index contributed by atoms with van der Waals surface area (Å²) in [5.41, 5.74) is 1.60. The number of hydrogen-bond donors (Lipinski definition) is 2. The maximum Gasteiger partial charge on any atom is 0.319 e. The molecule has 0 saturated heterocycles. The van der Waals surface area contributed by atoms with Crippen LogP contribution in [-0.4, -0.2) is 28.1 Å². The Morgan fingerprint density at radius 2 is 1.90 bits per heavy atom. The van der Waals surface area contributed by atoms with Crippen molar-refractivity contribution in [1.82, 2.24) is 5.32 Å². The molecule has 0 saturated carbocycles. The van der Waals surface area contributed by atoms with E-state index in [0.717, 1.165) is 5.56 Å². The third-order valence-corrected chi connectivity index (χ3v) is 6.27. The average molecular weight is 429 g/mol. The van der Waals surface area contributed by atoms with Gasteiger partial charge in [0.2, 0.25) is 0 Å². The molecule has 8 nitrogen and oxygen atoms in total. The molecule has 30 heavy (non-hydrogen) atoms. The molecule has 0 radical (unpaired) electrons. The first kappa shape index (κ1) is 21.3. The van der Waals surface area contributed by atoms with Gasteiger partial charge in [-0.1, -0.05) is 18.2 Å². The number of amides is 2. The largest absolute Gasteiger partial charge is 0.495 e. The van der Waals surface area contributed by atoms with Crippen molar-refractivity contribution in [3.8, 4) is 5.75 Å². The van der Waals surface area contributed by atoms with Gasteiger partial charge in [-0.3, -0.25) is 4.31 Å². The Morgan fingerprint density at radius 1 is 1.13 bits per heavy atom. The summed E-state index contributed by atoms with van der Waals surface area (Å²) in [6, 6.07) is 14.4. The van der Waals surface area contributed by atoms with E-state index < -0.39 is 16.1 Å². The van der Waals surface area contributed by atoms with Crippen LogP contribution in [-0.2, 0) is 16.6 Å². The van der Waals surface area contributed by atoms with Crippen LogP contribution in [0.4, 0.5) is 16.2 Å². The molecule has 158 valence electrons. The molecule has 0 atom stereocenters. The molecule has 0 unspecified atom stereocenters. The van der Waals surface area contributed by atoms with Crippen molar-refractivity contribution < 1.29 is 22.4 Å². The maximum atomic E-state index is 13.2. The summed E-state index contributed by atoms with van der Waals surface area (Å²) in [5, 5.41) is 5.32. The lowest BCUT2D eigenvalue weighted by atomic mass is 10.3. The molecule has 0 fully saturated rings. The van der Waals surface area contributed by atoms with E-state index in [4.69, 9.17) is 9.15 Å². The first-order chi connectivity index (χ1) is 14.5. The van der Waals surface area contributed by atoms with Gasteiger partial charge in [-0.25, -0.2) is 13.2 Å². The van der Waals surface area contributed by atoms with Gasteiger partial charge in [0.1, 0.15) is 5.75 Å². The number of rotatable bonds is 8. The van der Waals surface area contributed by atoms with Crippen molar-refractivity contribution >= 4 is 27.4 Å². The second kappa shape index (κ2) is 9.36. The number of methoxy groups -OCH3 is 1. The predicted octanol–water partition coefficient (Wildman–Crippen LogP) is 3.83. The molecule has 0 spiro atoms. The van der Waals surface area contributed by atoms with E-state index >= 15 is 0 Å². The Balaban J connectivity index is 1.84. The number of furan rings is 1. The van der Waals surface area contributed by atoms with Gasteiger partial charge in [-0.05, 0) is 43.3 Å². The number of urea groups is 1. The van der Waals surface area contributed by atoms with Crippen molar-refractivity contribution in [3.63, 3.8) is 0 Å². The standard InChI is InChI=1S/C21H23N3O5S/c1-3-24(17-7-5-4-6-8-17)30(26,27)18-9-10-20(28-2)19(13-18)23-21(25)22-14-16-11-12-29-15-16/h4-13,15H,3,14H2,1-2H3,(H2,22,23,25). The highest BCUT2D eigenvalue weighted by Crippen LogP contribution is 2.30. The second-order valence-corrected chi connectivity index (χ2v) is 8.17. The molecule has 0 aliphatic rings. The van der Waals surface area contributed by atoms with Gasteiger partial charge in [0, 0.05) is 18.7 Å². The van der Waals surface area contributed by atoms with E-state index in [-0.39, 0.29) is 23.7 Å². The summed E-state index contributed by atoms with van der Waals surface area (Å²) in [6.07, 6.45) is 3.04. The Labute approximate surface area is 175 Å². The topological polar surface area (TPSA) is 101 Å². The molecule has 0 bridgehead atoms. The molecule has 1 heterocycles. The molecule has 2 amide bonds. The van der Waals surface area contributed by atoms with Gasteiger partial charge in [0.05, 0.1) is 35.9 Å². The van der Waals surface area contributed by atoms with E-state index in [1.165, 1.54) is 42.1 Å². The summed E-state index contributed by atoms with van der Waals surface area (Å²) in [4.78, 5) is 12.3. The van der Waals surface area contributed by atoms with Gasteiger partial charge in [0.25, 0.3) is 10.0 Å². The maximum absolute atomic E-state index is 13.2. The minimum absolute atomic E-state index is 0.0409. The Kier molecular flexibility index (Phi) is 6.63. The third-order valence-electron chi connectivity index (χ3n) is 4.37. The molecule has 1 aromatic heterocycles. The fraction of sp³-hybridized carbons (Fsp3) is 0.190. The van der Waals surface area contributed by atoms with Crippen molar-refractivity contribution in [3.05, 3.63) is 72.7 Å². The molecule has 3 aromatic rings. The number of sulfonamides is 1. The normalized spacial score (nSPS) is 11.0. The Bertz CT molecular complexity index is 1080. The highest BCUT2D eigenvalue weighted by Gasteiger charge is 2.25. The smallest absolute Gasteiger partial charge is 0.319 e. The number of ether oxygens (including phenoxy) is 1. The van der Waals surface area contributed by atoms with E-state index in [2.05, 4.69) is 10.6 Å². The number of para-hydroxylation sites is 1. The second-order valence-electron chi connectivity index (χ2n) is 6.31. The van der Waals surface area contributed by atoms with Crippen LogP contribution in [0.25, 0.3) is 0 Å². The minimum Gasteiger partial charge on any atom is -0.495 e. The Hall–Kier alpha value is -3.46. The third kappa shape index (κ3) is 4.74. The average Bonchev–Trinajstić information content (AvgIpc) is 3.27. The van der Waals surface area contributed by atoms with E-state index in [9.17, 15) is 13.2 Å². The lowest BCUT2D eigenvalue weighted by Crippen LogP contribution is -2.31. The number of carbonyl (C=O) groups excluding carboxylic acids is 1. The number of nitrogens with one attached hydrogen (secondary N) is 2. The van der Waals surface area contributed by atoms with Crippen LogP contribution in [0.3, 0.4) is 0 Å². The van der Waals surface area contributed by atoms with Crippen LogP contribution >= 0.6 is 0 Å². The first-order valence-electron chi connectivity index (χ1n) is 9.27. The first-order valence-corrected chi connectivity index (χ1v) is 10.7. The zero-order chi connectivity index (χ0) is 21.6. The lowest BCUT2D eigenvalue weighted by molar-refractivity contribution is 0.251. The van der Waals surface area contributed by atoms with Crippen LogP contribution in [0.1, 0.15) is 12.5 Å². The summed E-state index contributed by atoms with van der Waals surface area (Å²) in [7, 11) is -2.40. The molecular formula is C21H23N3O5S. The zero-order valence-corrected chi connectivity index (χ0v) is 17.5. The molecule has 0 aliphatic heterocycles. The quantitative estimate of drug-likeness (QED) is 0.567. The van der Waals surface area contributed by atoms with Gasteiger partial charge in [-0.15, -0.1) is 0 Å². The lowest BCUT2D eigenvalue weighted by Gasteiger charge is -2.23. The van der Waals surface area contributed by atoms with Crippen molar-refractivity contribution in [1.29, 1.82) is 0 Å². The summed E-state index contributed by atoms with van der Waals surface area (Å²) < 4.78 is 38.0. The molecule has 2 aromatic carbocycles. The van der Waals surface area contributed by atoms with Gasteiger partial charge in [-0.2, -0.15) is 0 Å². The minimum atomic E-state index is -3.84. The fourth-order valence-corrected chi connectivity index (χ4v) is 4.40. The molecule has 9 heteroatoms. The van der Waals surface area contributed by atoms with Gasteiger partial charge in [0.15, 0.2) is 0 Å². The van der Waals surface area contributed by atoms with Gasteiger partial charge < -0.3 is 19.8 Å². The number of anilines is 2. The number of benzene rings is 2. The van der Waals surface area contributed by atoms with Crippen molar-refractivity contribution in [2.45, 2.75) is 18.4 Å². The van der Waals surface area contributed by atoms with E-state index in [0.29, 0.717) is 11.4 Å². The number of nitrogens with zero attached hydrogens (tertiary/aromatic N) is 1. The van der Waals surface area contributed by atoms with Crippen molar-refractivity contribution in [2.75, 3.05) is 23.3 Å². The molecule has 3 rings (SSSR count). The van der Waals surface area contributed by atoms with Crippen LogP contribution in [0.15, 0.2) is 76.4 Å². The predicted molar refractivity (Wildman–Crippen MR) is 114 cm³/mol. The van der Waals surface area contributed by atoms with Crippen LogP contribution in [0, 0.1) is 0 Å². The molecule has 2 N–H and O–H groups in total. The summed E-state index contributed by atoms with van der Waals surface area (Å²) in [5.74, 6) is 0.343. The number of hydrogen-bond acceptors (Lipinski definition) is 5. The highest BCUT2D eigenvalue weighted by atomic mass is 32.2. The number of carbonyl (C=O) groups is 1. The molecular weight excluding hydrogens is 406 g/mol. The fourth-order valence-electron chi connectivity index (χ4n) is 2.90. The monoisotopic (exact) mass is 429 g/mol.